The van der Waals surface area contributed by atoms with Gasteiger partial charge >= 0.3 is 0 Å². The Morgan fingerprint density at radius 3 is 2.54 bits per heavy atom. The molecule has 0 radical (unpaired) electrons. The Morgan fingerprint density at radius 2 is 2.23 bits per heavy atom. The average Bonchev–Trinajstić information content (AvgIpc) is 1.93. The van der Waals surface area contributed by atoms with Crippen molar-refractivity contribution < 1.29 is 9.90 Å². The van der Waals surface area contributed by atoms with Crippen molar-refractivity contribution in [1.82, 2.24) is 10.6 Å². The van der Waals surface area contributed by atoms with Gasteiger partial charge in [-0.25, -0.2) is 0 Å². The first-order valence-corrected chi connectivity index (χ1v) is 4.89. The van der Waals surface area contributed by atoms with Crippen molar-refractivity contribution in [3.8, 4) is 0 Å². The van der Waals surface area contributed by atoms with Crippen LogP contribution in [0.4, 0.5) is 0 Å². The molecule has 1 heterocycles. The van der Waals surface area contributed by atoms with Crippen molar-refractivity contribution in [1.29, 1.82) is 0 Å². The van der Waals surface area contributed by atoms with Crippen LogP contribution in [0.5, 0.6) is 0 Å². The lowest BCUT2D eigenvalue weighted by atomic mass is 9.77. The quantitative estimate of drug-likeness (QED) is 0.540. The fourth-order valence-electron chi connectivity index (χ4n) is 1.76. The van der Waals surface area contributed by atoms with Crippen LogP contribution < -0.4 is 10.6 Å². The van der Waals surface area contributed by atoms with E-state index in [1.165, 1.54) is 0 Å². The Balaban J connectivity index is 1.84. The first-order valence-electron chi connectivity index (χ1n) is 4.89. The number of rotatable bonds is 3. The van der Waals surface area contributed by atoms with Crippen LogP contribution in [0.3, 0.4) is 0 Å². The largest absolute Gasteiger partial charge is 0.394 e. The van der Waals surface area contributed by atoms with Gasteiger partial charge in [-0.1, -0.05) is 0 Å². The Labute approximate surface area is 77.7 Å². The molecule has 1 amide bonds. The summed E-state index contributed by atoms with van der Waals surface area (Å²) in [6.45, 7) is 1.65. The zero-order valence-electron chi connectivity index (χ0n) is 7.68. The van der Waals surface area contributed by atoms with Crippen LogP contribution in [0.25, 0.3) is 0 Å². The van der Waals surface area contributed by atoms with Crippen LogP contribution in [0, 0.1) is 5.92 Å². The van der Waals surface area contributed by atoms with E-state index in [4.69, 9.17) is 5.11 Å². The van der Waals surface area contributed by atoms with Gasteiger partial charge in [-0.15, -0.1) is 0 Å². The molecule has 1 saturated carbocycles. The van der Waals surface area contributed by atoms with Crippen LogP contribution in [-0.2, 0) is 4.79 Å². The fourth-order valence-corrected chi connectivity index (χ4v) is 1.76. The molecule has 0 aromatic rings. The maximum Gasteiger partial charge on any atom is 0.226 e. The number of carbonyl (C=O) groups excluding carboxylic acids is 1. The van der Waals surface area contributed by atoms with Crippen molar-refractivity contribution in [2.45, 2.75) is 24.8 Å². The molecular weight excluding hydrogens is 168 g/mol. The molecule has 0 unspecified atom stereocenters. The van der Waals surface area contributed by atoms with Gasteiger partial charge in [0.1, 0.15) is 0 Å². The van der Waals surface area contributed by atoms with Crippen LogP contribution in [0.2, 0.25) is 0 Å². The van der Waals surface area contributed by atoms with E-state index in [9.17, 15) is 4.79 Å². The van der Waals surface area contributed by atoms with Gasteiger partial charge in [0.05, 0.1) is 18.1 Å². The van der Waals surface area contributed by atoms with Crippen LogP contribution in [0.15, 0.2) is 0 Å². The van der Waals surface area contributed by atoms with Gasteiger partial charge in [0.25, 0.3) is 0 Å². The average molecular weight is 184 g/mol. The minimum Gasteiger partial charge on any atom is -0.394 e. The molecule has 2 rings (SSSR count). The van der Waals surface area contributed by atoms with Gasteiger partial charge in [-0.05, 0) is 19.3 Å². The normalized spacial score (nSPS) is 25.9. The third-order valence-electron chi connectivity index (χ3n) is 3.15. The smallest absolute Gasteiger partial charge is 0.226 e. The molecule has 2 aliphatic rings. The van der Waals surface area contributed by atoms with Crippen molar-refractivity contribution in [2.24, 2.45) is 5.92 Å². The van der Waals surface area contributed by atoms with E-state index in [1.54, 1.807) is 0 Å². The number of hydrogen-bond donors (Lipinski definition) is 3. The molecule has 1 saturated heterocycles. The minimum absolute atomic E-state index is 0.0822. The highest BCUT2D eigenvalue weighted by molar-refractivity contribution is 5.81. The number of aliphatic hydroxyl groups is 1. The van der Waals surface area contributed by atoms with E-state index in [0.29, 0.717) is 0 Å². The maximum atomic E-state index is 11.5. The summed E-state index contributed by atoms with van der Waals surface area (Å²) in [5.74, 6) is 0.233. The Morgan fingerprint density at radius 1 is 1.54 bits per heavy atom. The first kappa shape index (κ1) is 8.97. The second-order valence-electron chi connectivity index (χ2n) is 4.14. The van der Waals surface area contributed by atoms with E-state index in [2.05, 4.69) is 10.6 Å². The number of carbonyl (C=O) groups is 1. The van der Waals surface area contributed by atoms with Gasteiger partial charge in [0.15, 0.2) is 0 Å². The first-order chi connectivity index (χ1) is 6.26. The lowest BCUT2D eigenvalue weighted by molar-refractivity contribution is -0.130. The lowest BCUT2D eigenvalue weighted by Gasteiger charge is -2.42. The van der Waals surface area contributed by atoms with Crippen molar-refractivity contribution >= 4 is 5.91 Å². The highest BCUT2D eigenvalue weighted by Gasteiger charge is 2.39. The van der Waals surface area contributed by atoms with Crippen molar-refractivity contribution in [3.05, 3.63) is 0 Å². The monoisotopic (exact) mass is 184 g/mol. The predicted molar refractivity (Wildman–Crippen MR) is 48.2 cm³/mol. The highest BCUT2D eigenvalue weighted by atomic mass is 16.3. The third-order valence-corrected chi connectivity index (χ3v) is 3.15. The summed E-state index contributed by atoms with van der Waals surface area (Å²) in [6, 6.07) is 0. The number of nitrogens with one attached hydrogen (secondary N) is 2. The summed E-state index contributed by atoms with van der Waals surface area (Å²) in [4.78, 5) is 11.5. The summed E-state index contributed by atoms with van der Waals surface area (Å²) in [7, 11) is 0. The molecular formula is C9H16N2O2. The highest BCUT2D eigenvalue weighted by Crippen LogP contribution is 2.31. The summed E-state index contributed by atoms with van der Waals surface area (Å²) in [5.41, 5.74) is -0.271. The molecule has 0 aromatic carbocycles. The summed E-state index contributed by atoms with van der Waals surface area (Å²) >= 11 is 0. The Hall–Kier alpha value is -0.610. The molecule has 13 heavy (non-hydrogen) atoms. The molecule has 1 aliphatic carbocycles. The van der Waals surface area contributed by atoms with E-state index < -0.39 is 0 Å². The van der Waals surface area contributed by atoms with Gasteiger partial charge < -0.3 is 15.7 Å². The van der Waals surface area contributed by atoms with E-state index in [-0.39, 0.29) is 24.0 Å². The third kappa shape index (κ3) is 1.56. The molecule has 74 valence electrons. The molecule has 4 nitrogen and oxygen atoms in total. The maximum absolute atomic E-state index is 11.5. The van der Waals surface area contributed by atoms with Crippen LogP contribution >= 0.6 is 0 Å². The van der Waals surface area contributed by atoms with Gasteiger partial charge in [0, 0.05) is 13.1 Å². The second kappa shape index (κ2) is 3.27. The van der Waals surface area contributed by atoms with Crippen molar-refractivity contribution in [3.63, 3.8) is 0 Å². The van der Waals surface area contributed by atoms with E-state index in [1.807, 2.05) is 0 Å². The van der Waals surface area contributed by atoms with Gasteiger partial charge in [-0.2, -0.15) is 0 Å². The number of amides is 1. The van der Waals surface area contributed by atoms with E-state index >= 15 is 0 Å². The van der Waals surface area contributed by atoms with Gasteiger partial charge in [-0.3, -0.25) is 4.79 Å². The Bertz CT molecular complexity index is 204. The van der Waals surface area contributed by atoms with E-state index in [0.717, 1.165) is 32.4 Å². The molecule has 1 aliphatic heterocycles. The SMILES string of the molecule is O=C(NC1(CO)CCC1)C1CNC1. The predicted octanol–water partition coefficient (Wildman–Crippen LogP) is -0.763. The minimum atomic E-state index is -0.271. The molecule has 3 N–H and O–H groups in total. The summed E-state index contributed by atoms with van der Waals surface area (Å²) in [6.07, 6.45) is 2.97. The number of aliphatic hydroxyl groups excluding tert-OH is 1. The van der Waals surface area contributed by atoms with Gasteiger partial charge in [0.2, 0.25) is 5.91 Å². The number of hydrogen-bond acceptors (Lipinski definition) is 3. The Kier molecular flexibility index (Phi) is 2.26. The molecule has 4 heteroatoms. The van der Waals surface area contributed by atoms with Crippen molar-refractivity contribution in [2.75, 3.05) is 19.7 Å². The standard InChI is InChI=1S/C9H16N2O2/c12-6-9(2-1-3-9)11-8(13)7-4-10-5-7/h7,10,12H,1-6H2,(H,11,13). The van der Waals surface area contributed by atoms with Crippen LogP contribution in [-0.4, -0.2) is 36.2 Å². The molecule has 0 aromatic heterocycles. The second-order valence-corrected chi connectivity index (χ2v) is 4.14. The zero-order chi connectivity index (χ0) is 9.31. The zero-order valence-corrected chi connectivity index (χ0v) is 7.68. The molecule has 2 fully saturated rings. The fraction of sp³-hybridized carbons (Fsp3) is 0.889. The molecule has 0 spiro atoms. The molecule has 0 atom stereocenters. The summed E-state index contributed by atoms with van der Waals surface area (Å²) in [5, 5.41) is 15.1. The topological polar surface area (TPSA) is 61.4 Å². The molecule has 0 bridgehead atoms. The summed E-state index contributed by atoms with van der Waals surface area (Å²) < 4.78 is 0. The van der Waals surface area contributed by atoms with Crippen LogP contribution in [0.1, 0.15) is 19.3 Å². The lowest BCUT2D eigenvalue weighted by Crippen LogP contribution is -2.61.